The molecule has 0 unspecified atom stereocenters. The highest BCUT2D eigenvalue weighted by Gasteiger charge is 2.37. The zero-order chi connectivity index (χ0) is 16.2. The van der Waals surface area contributed by atoms with Crippen molar-refractivity contribution in [3.05, 3.63) is 71.5 Å². The van der Waals surface area contributed by atoms with E-state index in [1.165, 1.54) is 11.3 Å². The molecular formula is C19H20N4S. The fourth-order valence-electron chi connectivity index (χ4n) is 3.41. The Kier molecular flexibility index (Phi) is 4.28. The van der Waals surface area contributed by atoms with Gasteiger partial charge in [0.05, 0.1) is 5.69 Å². The smallest absolute Gasteiger partial charge is 0.187 e. The van der Waals surface area contributed by atoms with Crippen LogP contribution in [-0.4, -0.2) is 23.1 Å². The van der Waals surface area contributed by atoms with Gasteiger partial charge in [-0.1, -0.05) is 30.3 Å². The molecule has 1 aliphatic heterocycles. The van der Waals surface area contributed by atoms with Gasteiger partial charge in [-0.15, -0.1) is 11.3 Å². The van der Waals surface area contributed by atoms with E-state index in [1.54, 1.807) is 23.7 Å². The van der Waals surface area contributed by atoms with E-state index in [0.29, 0.717) is 0 Å². The second kappa shape index (κ2) is 6.71. The lowest BCUT2D eigenvalue weighted by Crippen LogP contribution is -2.41. The topological polar surface area (TPSA) is 49.8 Å². The van der Waals surface area contributed by atoms with E-state index >= 15 is 0 Å². The van der Waals surface area contributed by atoms with Crippen LogP contribution in [0.4, 0.5) is 10.8 Å². The quantitative estimate of drug-likeness (QED) is 0.757. The zero-order valence-electron chi connectivity index (χ0n) is 13.4. The number of benzene rings is 1. The Balaban J connectivity index is 1.67. The molecule has 1 fully saturated rings. The first-order valence-corrected chi connectivity index (χ1v) is 9.14. The maximum Gasteiger partial charge on any atom is 0.187 e. The average molecular weight is 336 g/mol. The van der Waals surface area contributed by atoms with Crippen molar-refractivity contribution < 1.29 is 0 Å². The molecule has 0 aliphatic carbocycles. The number of nitrogens with one attached hydrogen (secondary N) is 2. The van der Waals surface area contributed by atoms with E-state index in [4.69, 9.17) is 4.98 Å². The van der Waals surface area contributed by atoms with Crippen molar-refractivity contribution in [2.24, 2.45) is 0 Å². The van der Waals surface area contributed by atoms with Crippen LogP contribution >= 0.6 is 11.3 Å². The molecule has 2 N–H and O–H groups in total. The van der Waals surface area contributed by atoms with Crippen LogP contribution in [0.5, 0.6) is 0 Å². The highest BCUT2D eigenvalue weighted by atomic mass is 32.1. The van der Waals surface area contributed by atoms with Crippen molar-refractivity contribution in [2.45, 2.75) is 18.3 Å². The molecule has 1 aromatic carbocycles. The molecule has 3 aromatic rings. The van der Waals surface area contributed by atoms with E-state index < -0.39 is 0 Å². The lowest BCUT2D eigenvalue weighted by Gasteiger charge is -2.37. The van der Waals surface area contributed by atoms with Crippen molar-refractivity contribution in [1.29, 1.82) is 0 Å². The van der Waals surface area contributed by atoms with Crippen molar-refractivity contribution in [3.63, 3.8) is 0 Å². The summed E-state index contributed by atoms with van der Waals surface area (Å²) in [6.45, 7) is 2.05. The number of anilines is 2. The van der Waals surface area contributed by atoms with Crippen LogP contribution in [0.1, 0.15) is 24.1 Å². The summed E-state index contributed by atoms with van der Waals surface area (Å²) in [5.41, 5.74) is 3.58. The third kappa shape index (κ3) is 2.92. The van der Waals surface area contributed by atoms with Gasteiger partial charge in [-0.3, -0.25) is 4.98 Å². The lowest BCUT2D eigenvalue weighted by molar-refractivity contribution is 0.356. The SMILES string of the molecule is c1ccc(C2(c3csc(Nc4ccncc4)n3)CCNCC2)cc1. The van der Waals surface area contributed by atoms with Crippen LogP contribution < -0.4 is 10.6 Å². The lowest BCUT2D eigenvalue weighted by atomic mass is 9.71. The van der Waals surface area contributed by atoms with Crippen molar-refractivity contribution in [2.75, 3.05) is 18.4 Å². The Morgan fingerprint density at radius 2 is 1.75 bits per heavy atom. The highest BCUT2D eigenvalue weighted by molar-refractivity contribution is 7.13. The van der Waals surface area contributed by atoms with Crippen molar-refractivity contribution >= 4 is 22.2 Å². The average Bonchev–Trinajstić information content (AvgIpc) is 3.13. The van der Waals surface area contributed by atoms with Gasteiger partial charge in [-0.25, -0.2) is 4.98 Å². The van der Waals surface area contributed by atoms with Crippen LogP contribution in [0.3, 0.4) is 0 Å². The Hall–Kier alpha value is -2.24. The minimum absolute atomic E-state index is 0.0151. The van der Waals surface area contributed by atoms with E-state index in [1.807, 2.05) is 12.1 Å². The summed E-state index contributed by atoms with van der Waals surface area (Å²) in [6, 6.07) is 14.7. The van der Waals surface area contributed by atoms with Gasteiger partial charge in [0.1, 0.15) is 0 Å². The zero-order valence-corrected chi connectivity index (χ0v) is 14.2. The summed E-state index contributed by atoms with van der Waals surface area (Å²) in [5.74, 6) is 0. The van der Waals surface area contributed by atoms with Crippen LogP contribution in [0.15, 0.2) is 60.2 Å². The molecule has 4 nitrogen and oxygen atoms in total. The number of pyridine rings is 1. The second-order valence-corrected chi connectivity index (χ2v) is 6.96. The molecule has 0 atom stereocenters. The molecule has 0 bridgehead atoms. The van der Waals surface area contributed by atoms with Gasteiger partial charge in [-0.2, -0.15) is 0 Å². The Morgan fingerprint density at radius 1 is 1.00 bits per heavy atom. The normalized spacial score (nSPS) is 16.7. The van der Waals surface area contributed by atoms with E-state index in [0.717, 1.165) is 36.8 Å². The van der Waals surface area contributed by atoms with Gasteiger partial charge in [0.15, 0.2) is 5.13 Å². The Labute approximate surface area is 146 Å². The molecule has 1 saturated heterocycles. The van der Waals surface area contributed by atoms with Gasteiger partial charge >= 0.3 is 0 Å². The first-order chi connectivity index (χ1) is 11.9. The molecule has 3 heterocycles. The Bertz CT molecular complexity index is 779. The molecule has 2 aromatic heterocycles. The monoisotopic (exact) mass is 336 g/mol. The molecular weight excluding hydrogens is 316 g/mol. The molecule has 4 rings (SSSR count). The fourth-order valence-corrected chi connectivity index (χ4v) is 4.24. The van der Waals surface area contributed by atoms with Gasteiger partial charge in [0, 0.05) is 28.9 Å². The number of hydrogen-bond acceptors (Lipinski definition) is 5. The summed E-state index contributed by atoms with van der Waals surface area (Å²) in [7, 11) is 0. The van der Waals surface area contributed by atoms with Crippen LogP contribution in [0.25, 0.3) is 0 Å². The second-order valence-electron chi connectivity index (χ2n) is 6.10. The number of piperidine rings is 1. The largest absolute Gasteiger partial charge is 0.331 e. The van der Waals surface area contributed by atoms with Gasteiger partial charge < -0.3 is 10.6 Å². The van der Waals surface area contributed by atoms with Crippen LogP contribution in [0.2, 0.25) is 0 Å². The van der Waals surface area contributed by atoms with E-state index in [-0.39, 0.29) is 5.41 Å². The minimum Gasteiger partial charge on any atom is -0.331 e. The summed E-state index contributed by atoms with van der Waals surface area (Å²) in [5, 5.41) is 10.0. The van der Waals surface area contributed by atoms with E-state index in [2.05, 4.69) is 51.3 Å². The molecule has 5 heteroatoms. The molecule has 0 radical (unpaired) electrons. The van der Waals surface area contributed by atoms with Gasteiger partial charge in [0.2, 0.25) is 0 Å². The number of rotatable bonds is 4. The number of nitrogens with zero attached hydrogens (tertiary/aromatic N) is 2. The summed E-state index contributed by atoms with van der Waals surface area (Å²) >= 11 is 1.67. The van der Waals surface area contributed by atoms with Crippen LogP contribution in [-0.2, 0) is 5.41 Å². The third-order valence-electron chi connectivity index (χ3n) is 4.71. The van der Waals surface area contributed by atoms with Gasteiger partial charge in [0.25, 0.3) is 0 Å². The number of hydrogen-bond donors (Lipinski definition) is 2. The maximum atomic E-state index is 4.94. The predicted octanol–water partition coefficient (Wildman–Crippen LogP) is 3.95. The van der Waals surface area contributed by atoms with Gasteiger partial charge in [-0.05, 0) is 43.6 Å². The van der Waals surface area contributed by atoms with Crippen molar-refractivity contribution in [1.82, 2.24) is 15.3 Å². The first kappa shape index (κ1) is 15.3. The molecule has 0 spiro atoms. The predicted molar refractivity (Wildman–Crippen MR) is 99.0 cm³/mol. The summed E-state index contributed by atoms with van der Waals surface area (Å²) in [6.07, 6.45) is 5.73. The third-order valence-corrected chi connectivity index (χ3v) is 5.47. The maximum absolute atomic E-state index is 4.94. The minimum atomic E-state index is 0.0151. The molecule has 1 aliphatic rings. The van der Waals surface area contributed by atoms with Crippen molar-refractivity contribution in [3.8, 4) is 0 Å². The molecule has 122 valence electrons. The number of aromatic nitrogens is 2. The fraction of sp³-hybridized carbons (Fsp3) is 0.263. The Morgan fingerprint density at radius 3 is 2.50 bits per heavy atom. The first-order valence-electron chi connectivity index (χ1n) is 8.26. The standard InChI is InChI=1S/C19H20N4S/c1-2-4-15(5-3-1)19(8-12-21-13-9-19)17-14-24-18(23-17)22-16-6-10-20-11-7-16/h1-7,10-11,14,21H,8-9,12-13H2,(H,20,22,23). The molecule has 24 heavy (non-hydrogen) atoms. The molecule has 0 saturated carbocycles. The summed E-state index contributed by atoms with van der Waals surface area (Å²) < 4.78 is 0. The van der Waals surface area contributed by atoms with E-state index in [9.17, 15) is 0 Å². The number of thiazole rings is 1. The van der Waals surface area contributed by atoms with Crippen LogP contribution in [0, 0.1) is 0 Å². The molecule has 0 amide bonds. The summed E-state index contributed by atoms with van der Waals surface area (Å²) in [4.78, 5) is 8.99. The highest BCUT2D eigenvalue weighted by Crippen LogP contribution is 2.41.